The molecule has 1 heterocycles. The van der Waals surface area contributed by atoms with Gasteiger partial charge in [0.25, 0.3) is 0 Å². The Hall–Kier alpha value is -1.06. The lowest BCUT2D eigenvalue weighted by atomic mass is 9.78. The standard InChI is InChI=1S/C18H27NO2/c1-2-14-7-9-18(20,10-8-14)13-19-12-16-11-15-5-3-4-6-17(15)21-16/h3-6,14,16,19-20H,2,7-13H2,1H3. The van der Waals surface area contributed by atoms with E-state index in [0.717, 1.165) is 37.5 Å². The lowest BCUT2D eigenvalue weighted by Gasteiger charge is -2.36. The van der Waals surface area contributed by atoms with Crippen LogP contribution in [0.15, 0.2) is 24.3 Å². The first-order chi connectivity index (χ1) is 10.2. The van der Waals surface area contributed by atoms with Gasteiger partial charge in [-0.3, -0.25) is 0 Å². The summed E-state index contributed by atoms with van der Waals surface area (Å²) in [6, 6.07) is 8.25. The second-order valence-corrected chi connectivity index (χ2v) is 6.76. The van der Waals surface area contributed by atoms with Crippen LogP contribution in [0.2, 0.25) is 0 Å². The Morgan fingerprint density at radius 2 is 2.05 bits per heavy atom. The van der Waals surface area contributed by atoms with Crippen molar-refractivity contribution in [3.05, 3.63) is 29.8 Å². The highest BCUT2D eigenvalue weighted by molar-refractivity contribution is 5.37. The normalized spacial score (nSPS) is 31.7. The average molecular weight is 289 g/mol. The van der Waals surface area contributed by atoms with E-state index >= 15 is 0 Å². The molecule has 3 rings (SSSR count). The summed E-state index contributed by atoms with van der Waals surface area (Å²) in [7, 11) is 0. The molecule has 1 aliphatic carbocycles. The summed E-state index contributed by atoms with van der Waals surface area (Å²) in [4.78, 5) is 0. The third kappa shape index (κ3) is 3.58. The molecule has 3 heteroatoms. The number of rotatable bonds is 5. The average Bonchev–Trinajstić information content (AvgIpc) is 2.90. The molecule has 1 aliphatic heterocycles. The molecule has 2 aliphatic rings. The van der Waals surface area contributed by atoms with E-state index in [1.54, 1.807) is 0 Å². The van der Waals surface area contributed by atoms with Crippen molar-refractivity contribution in [2.45, 2.75) is 57.2 Å². The van der Waals surface area contributed by atoms with Crippen molar-refractivity contribution >= 4 is 0 Å². The maximum Gasteiger partial charge on any atom is 0.123 e. The van der Waals surface area contributed by atoms with Crippen molar-refractivity contribution in [1.82, 2.24) is 5.32 Å². The van der Waals surface area contributed by atoms with Gasteiger partial charge in [-0.2, -0.15) is 0 Å². The van der Waals surface area contributed by atoms with E-state index < -0.39 is 5.60 Å². The lowest BCUT2D eigenvalue weighted by molar-refractivity contribution is -0.00975. The molecule has 0 radical (unpaired) electrons. The van der Waals surface area contributed by atoms with Crippen LogP contribution in [0.5, 0.6) is 5.75 Å². The van der Waals surface area contributed by atoms with Gasteiger partial charge < -0.3 is 15.2 Å². The van der Waals surface area contributed by atoms with Gasteiger partial charge in [0.2, 0.25) is 0 Å². The highest BCUT2D eigenvalue weighted by Crippen LogP contribution is 2.33. The van der Waals surface area contributed by atoms with Crippen LogP contribution >= 0.6 is 0 Å². The zero-order valence-electron chi connectivity index (χ0n) is 13.0. The van der Waals surface area contributed by atoms with Crippen LogP contribution in [-0.4, -0.2) is 29.9 Å². The third-order valence-electron chi connectivity index (χ3n) is 5.15. The van der Waals surface area contributed by atoms with E-state index in [1.807, 2.05) is 12.1 Å². The van der Waals surface area contributed by atoms with Crippen LogP contribution in [-0.2, 0) is 6.42 Å². The van der Waals surface area contributed by atoms with E-state index in [9.17, 15) is 5.11 Å². The molecule has 0 spiro atoms. The van der Waals surface area contributed by atoms with Crippen molar-refractivity contribution in [3.63, 3.8) is 0 Å². The summed E-state index contributed by atoms with van der Waals surface area (Å²) >= 11 is 0. The van der Waals surface area contributed by atoms with Crippen LogP contribution < -0.4 is 10.1 Å². The molecule has 0 saturated heterocycles. The number of aliphatic hydroxyl groups is 1. The predicted octanol–water partition coefficient (Wildman–Crippen LogP) is 2.91. The van der Waals surface area contributed by atoms with Gasteiger partial charge in [-0.15, -0.1) is 0 Å². The molecular weight excluding hydrogens is 262 g/mol. The Bertz CT molecular complexity index is 441. The molecular formula is C18H27NO2. The summed E-state index contributed by atoms with van der Waals surface area (Å²) in [5.41, 5.74) is 0.795. The van der Waals surface area contributed by atoms with Crippen molar-refractivity contribution in [1.29, 1.82) is 0 Å². The quantitative estimate of drug-likeness (QED) is 0.876. The number of para-hydroxylation sites is 1. The van der Waals surface area contributed by atoms with Crippen LogP contribution in [0.1, 0.15) is 44.6 Å². The van der Waals surface area contributed by atoms with Gasteiger partial charge >= 0.3 is 0 Å². The zero-order chi connectivity index (χ0) is 14.7. The van der Waals surface area contributed by atoms with Crippen LogP contribution in [0.3, 0.4) is 0 Å². The SMILES string of the molecule is CCC1CCC(O)(CNCC2Cc3ccccc3O2)CC1. The molecule has 1 aromatic carbocycles. The Morgan fingerprint density at radius 3 is 2.76 bits per heavy atom. The smallest absolute Gasteiger partial charge is 0.123 e. The molecule has 2 N–H and O–H groups in total. The zero-order valence-corrected chi connectivity index (χ0v) is 13.0. The van der Waals surface area contributed by atoms with Gasteiger partial charge in [-0.25, -0.2) is 0 Å². The van der Waals surface area contributed by atoms with Crippen molar-refractivity contribution < 1.29 is 9.84 Å². The molecule has 0 aromatic heterocycles. The number of hydrogen-bond acceptors (Lipinski definition) is 3. The molecule has 0 bridgehead atoms. The summed E-state index contributed by atoms with van der Waals surface area (Å²) in [5.74, 6) is 1.84. The molecule has 1 fully saturated rings. The Morgan fingerprint density at radius 1 is 1.29 bits per heavy atom. The van der Waals surface area contributed by atoms with E-state index in [0.29, 0.717) is 6.54 Å². The lowest BCUT2D eigenvalue weighted by Crippen LogP contribution is -2.45. The first-order valence-electron chi connectivity index (χ1n) is 8.36. The monoisotopic (exact) mass is 289 g/mol. The molecule has 3 nitrogen and oxygen atoms in total. The highest BCUT2D eigenvalue weighted by Gasteiger charge is 2.32. The molecule has 1 saturated carbocycles. The maximum atomic E-state index is 10.6. The van der Waals surface area contributed by atoms with Crippen LogP contribution in [0, 0.1) is 5.92 Å². The second-order valence-electron chi connectivity index (χ2n) is 6.76. The van der Waals surface area contributed by atoms with Crippen molar-refractivity contribution in [2.75, 3.05) is 13.1 Å². The molecule has 21 heavy (non-hydrogen) atoms. The van der Waals surface area contributed by atoms with Gasteiger partial charge in [-0.05, 0) is 43.2 Å². The van der Waals surface area contributed by atoms with Gasteiger partial charge in [0.05, 0.1) is 5.60 Å². The Labute approximate surface area is 127 Å². The van der Waals surface area contributed by atoms with E-state index in [4.69, 9.17) is 4.74 Å². The first-order valence-corrected chi connectivity index (χ1v) is 8.36. The van der Waals surface area contributed by atoms with E-state index in [2.05, 4.69) is 24.4 Å². The molecule has 116 valence electrons. The molecule has 1 aromatic rings. The fourth-order valence-electron chi connectivity index (χ4n) is 3.63. The second kappa shape index (κ2) is 6.37. The highest BCUT2D eigenvalue weighted by atomic mass is 16.5. The van der Waals surface area contributed by atoms with Gasteiger partial charge in [0.1, 0.15) is 11.9 Å². The topological polar surface area (TPSA) is 41.5 Å². The van der Waals surface area contributed by atoms with E-state index in [1.165, 1.54) is 24.8 Å². The third-order valence-corrected chi connectivity index (χ3v) is 5.15. The predicted molar refractivity (Wildman–Crippen MR) is 84.6 cm³/mol. The summed E-state index contributed by atoms with van der Waals surface area (Å²) in [6.07, 6.45) is 6.63. The minimum absolute atomic E-state index is 0.206. The minimum atomic E-state index is -0.503. The Balaban J connectivity index is 1.41. The number of fused-ring (bicyclic) bond motifs is 1. The van der Waals surface area contributed by atoms with Crippen LogP contribution in [0.25, 0.3) is 0 Å². The first kappa shape index (κ1) is 14.9. The molecule has 0 amide bonds. The molecule has 1 atom stereocenters. The van der Waals surface area contributed by atoms with Crippen molar-refractivity contribution in [2.24, 2.45) is 5.92 Å². The summed E-state index contributed by atoms with van der Waals surface area (Å²) < 4.78 is 5.92. The number of hydrogen-bond donors (Lipinski definition) is 2. The Kier molecular flexibility index (Phi) is 4.51. The fraction of sp³-hybridized carbons (Fsp3) is 0.667. The fourth-order valence-corrected chi connectivity index (χ4v) is 3.63. The van der Waals surface area contributed by atoms with Gasteiger partial charge in [0, 0.05) is 19.5 Å². The number of ether oxygens (including phenoxy) is 1. The number of nitrogens with one attached hydrogen (secondary N) is 1. The van der Waals surface area contributed by atoms with Crippen molar-refractivity contribution in [3.8, 4) is 5.75 Å². The maximum absolute atomic E-state index is 10.6. The molecule has 1 unspecified atom stereocenters. The summed E-state index contributed by atoms with van der Waals surface area (Å²) in [6.45, 7) is 3.76. The largest absolute Gasteiger partial charge is 0.488 e. The van der Waals surface area contributed by atoms with E-state index in [-0.39, 0.29) is 6.10 Å². The van der Waals surface area contributed by atoms with Crippen LogP contribution in [0.4, 0.5) is 0 Å². The number of benzene rings is 1. The van der Waals surface area contributed by atoms with Gasteiger partial charge in [0.15, 0.2) is 0 Å². The summed E-state index contributed by atoms with van der Waals surface area (Å²) in [5, 5.41) is 14.1. The van der Waals surface area contributed by atoms with Gasteiger partial charge in [-0.1, -0.05) is 31.5 Å². The minimum Gasteiger partial charge on any atom is -0.488 e.